The molecule has 1 saturated heterocycles. The quantitative estimate of drug-likeness (QED) is 0.729. The van der Waals surface area contributed by atoms with E-state index in [0.717, 1.165) is 16.1 Å². The Kier molecular flexibility index (Phi) is 4.99. The lowest BCUT2D eigenvalue weighted by Crippen LogP contribution is -2.49. The number of hydrogen-bond donors (Lipinski definition) is 1. The highest BCUT2D eigenvalue weighted by molar-refractivity contribution is 7.17. The highest BCUT2D eigenvalue weighted by Crippen LogP contribution is 2.34. The average Bonchev–Trinajstić information content (AvgIpc) is 3.28. The van der Waals surface area contributed by atoms with Crippen LogP contribution in [0.15, 0.2) is 36.7 Å². The maximum Gasteiger partial charge on any atom is 0.263 e. The maximum absolute atomic E-state index is 13.4. The number of aromatic nitrogens is 3. The number of ether oxygens (including phenoxy) is 1. The molecule has 1 aliphatic rings. The maximum atomic E-state index is 13.4. The zero-order chi connectivity index (χ0) is 19.7. The third-order valence-corrected chi connectivity index (χ3v) is 6.26. The second-order valence-electron chi connectivity index (χ2n) is 6.99. The van der Waals surface area contributed by atoms with Gasteiger partial charge in [-0.05, 0) is 37.5 Å². The summed E-state index contributed by atoms with van der Waals surface area (Å²) in [5, 5.41) is 8.13. The first-order valence-electron chi connectivity index (χ1n) is 9.10. The number of thiazole rings is 1. The van der Waals surface area contributed by atoms with Crippen molar-refractivity contribution < 1.29 is 13.9 Å². The standard InChI is InChI=1S/C20H21FN4O2S/c1-13-17(28-19(23-13)14-11-22-25(2)12-14)18(26)24-20(7-9-27-10-8-20)15-3-5-16(21)6-4-15/h3-6,11-12H,7-10H2,1-2H3,(H,24,26). The molecule has 1 N–H and O–H groups in total. The van der Waals surface area contributed by atoms with Crippen LogP contribution in [0.5, 0.6) is 0 Å². The van der Waals surface area contributed by atoms with Crippen LogP contribution >= 0.6 is 11.3 Å². The highest BCUT2D eigenvalue weighted by Gasteiger charge is 2.37. The fourth-order valence-corrected chi connectivity index (χ4v) is 4.45. The molecule has 1 fully saturated rings. The van der Waals surface area contributed by atoms with Crippen molar-refractivity contribution >= 4 is 17.2 Å². The monoisotopic (exact) mass is 400 g/mol. The van der Waals surface area contributed by atoms with Crippen molar-refractivity contribution in [1.29, 1.82) is 0 Å². The summed E-state index contributed by atoms with van der Waals surface area (Å²) in [5.41, 5.74) is 1.88. The van der Waals surface area contributed by atoms with Crippen LogP contribution in [-0.2, 0) is 17.3 Å². The van der Waals surface area contributed by atoms with Crippen molar-refractivity contribution in [2.24, 2.45) is 7.05 Å². The molecule has 0 atom stereocenters. The van der Waals surface area contributed by atoms with Crippen LogP contribution < -0.4 is 5.32 Å². The Labute approximate surface area is 166 Å². The lowest BCUT2D eigenvalue weighted by molar-refractivity contribution is 0.0346. The van der Waals surface area contributed by atoms with Gasteiger partial charge in [0.15, 0.2) is 0 Å². The second-order valence-corrected chi connectivity index (χ2v) is 7.99. The summed E-state index contributed by atoms with van der Waals surface area (Å²) in [6.45, 7) is 2.92. The first-order valence-corrected chi connectivity index (χ1v) is 9.91. The Hall–Kier alpha value is -2.58. The normalized spacial score (nSPS) is 16.1. The Morgan fingerprint density at radius 1 is 1.29 bits per heavy atom. The lowest BCUT2D eigenvalue weighted by Gasteiger charge is -2.38. The third-order valence-electron chi connectivity index (χ3n) is 5.05. The van der Waals surface area contributed by atoms with Crippen LogP contribution in [-0.4, -0.2) is 33.9 Å². The minimum Gasteiger partial charge on any atom is -0.381 e. The van der Waals surface area contributed by atoms with Gasteiger partial charge in [0.1, 0.15) is 15.7 Å². The van der Waals surface area contributed by atoms with Crippen molar-refractivity contribution in [3.8, 4) is 10.6 Å². The predicted molar refractivity (Wildman–Crippen MR) is 105 cm³/mol. The molecule has 0 radical (unpaired) electrons. The summed E-state index contributed by atoms with van der Waals surface area (Å²) in [6, 6.07) is 6.33. The van der Waals surface area contributed by atoms with Gasteiger partial charge in [0.2, 0.25) is 0 Å². The Bertz CT molecular complexity index is 990. The van der Waals surface area contributed by atoms with Gasteiger partial charge in [-0.25, -0.2) is 9.37 Å². The Balaban J connectivity index is 1.63. The van der Waals surface area contributed by atoms with Crippen LogP contribution in [0.4, 0.5) is 4.39 Å². The molecule has 0 unspecified atom stereocenters. The number of aryl methyl sites for hydroxylation is 2. The molecular weight excluding hydrogens is 379 g/mol. The van der Waals surface area contributed by atoms with Gasteiger partial charge < -0.3 is 10.1 Å². The molecule has 3 heterocycles. The second kappa shape index (κ2) is 7.44. The molecule has 28 heavy (non-hydrogen) atoms. The predicted octanol–water partition coefficient (Wildman–Crippen LogP) is 3.43. The number of nitrogens with zero attached hydrogens (tertiary/aromatic N) is 3. The molecule has 2 aromatic heterocycles. The molecule has 3 aromatic rings. The summed E-state index contributed by atoms with van der Waals surface area (Å²) < 4.78 is 20.6. The molecule has 1 aliphatic heterocycles. The largest absolute Gasteiger partial charge is 0.381 e. The summed E-state index contributed by atoms with van der Waals surface area (Å²) in [7, 11) is 1.84. The van der Waals surface area contributed by atoms with Crippen LogP contribution in [0.3, 0.4) is 0 Å². The van der Waals surface area contributed by atoms with Gasteiger partial charge in [0.05, 0.1) is 17.4 Å². The van der Waals surface area contributed by atoms with E-state index in [0.29, 0.717) is 36.6 Å². The van der Waals surface area contributed by atoms with E-state index in [1.54, 1.807) is 23.0 Å². The smallest absolute Gasteiger partial charge is 0.263 e. The number of nitrogens with one attached hydrogen (secondary N) is 1. The molecule has 8 heteroatoms. The van der Waals surface area contributed by atoms with Gasteiger partial charge in [0, 0.05) is 32.0 Å². The Morgan fingerprint density at radius 3 is 2.64 bits per heavy atom. The molecule has 0 aliphatic carbocycles. The number of carbonyl (C=O) groups is 1. The number of benzene rings is 1. The van der Waals surface area contributed by atoms with E-state index in [-0.39, 0.29) is 11.7 Å². The molecular formula is C20H21FN4O2S. The topological polar surface area (TPSA) is 69.0 Å². The molecule has 4 rings (SSSR count). The summed E-state index contributed by atoms with van der Waals surface area (Å²) in [6.07, 6.45) is 4.88. The fraction of sp³-hybridized carbons (Fsp3) is 0.350. The van der Waals surface area contributed by atoms with Crippen LogP contribution in [0.2, 0.25) is 0 Å². The van der Waals surface area contributed by atoms with E-state index in [1.807, 2.05) is 20.2 Å². The van der Waals surface area contributed by atoms with E-state index in [1.165, 1.54) is 23.5 Å². The highest BCUT2D eigenvalue weighted by atomic mass is 32.1. The van der Waals surface area contributed by atoms with E-state index < -0.39 is 5.54 Å². The van der Waals surface area contributed by atoms with Gasteiger partial charge in [0.25, 0.3) is 5.91 Å². The minimum absolute atomic E-state index is 0.170. The van der Waals surface area contributed by atoms with Crippen molar-refractivity contribution in [3.05, 3.63) is 58.6 Å². The van der Waals surface area contributed by atoms with E-state index in [2.05, 4.69) is 15.4 Å². The van der Waals surface area contributed by atoms with Crippen LogP contribution in [0.25, 0.3) is 10.6 Å². The number of halogens is 1. The van der Waals surface area contributed by atoms with Crippen molar-refractivity contribution in [2.75, 3.05) is 13.2 Å². The molecule has 1 aromatic carbocycles. The summed E-state index contributed by atoms with van der Waals surface area (Å²) in [4.78, 5) is 18.3. The molecule has 0 saturated carbocycles. The number of amides is 1. The van der Waals surface area contributed by atoms with Gasteiger partial charge in [-0.3, -0.25) is 9.48 Å². The van der Waals surface area contributed by atoms with E-state index in [4.69, 9.17) is 4.74 Å². The molecule has 6 nitrogen and oxygen atoms in total. The summed E-state index contributed by atoms with van der Waals surface area (Å²) in [5.74, 6) is -0.465. The first-order chi connectivity index (χ1) is 13.5. The first kappa shape index (κ1) is 18.8. The van der Waals surface area contributed by atoms with Gasteiger partial charge >= 0.3 is 0 Å². The SMILES string of the molecule is Cc1nc(-c2cnn(C)c2)sc1C(=O)NC1(c2ccc(F)cc2)CCOCC1. The molecule has 1 amide bonds. The number of hydrogen-bond acceptors (Lipinski definition) is 5. The van der Waals surface area contributed by atoms with Gasteiger partial charge in [-0.1, -0.05) is 12.1 Å². The zero-order valence-electron chi connectivity index (χ0n) is 15.7. The van der Waals surface area contributed by atoms with Crippen LogP contribution in [0.1, 0.15) is 33.8 Å². The van der Waals surface area contributed by atoms with Gasteiger partial charge in [-0.2, -0.15) is 5.10 Å². The van der Waals surface area contributed by atoms with E-state index >= 15 is 0 Å². The number of rotatable bonds is 4. The van der Waals surface area contributed by atoms with E-state index in [9.17, 15) is 9.18 Å². The fourth-order valence-electron chi connectivity index (χ4n) is 3.51. The van der Waals surface area contributed by atoms with Crippen molar-refractivity contribution in [3.63, 3.8) is 0 Å². The minimum atomic E-state index is -0.575. The number of carbonyl (C=O) groups excluding carboxylic acids is 1. The molecule has 0 spiro atoms. The Morgan fingerprint density at radius 2 is 2.00 bits per heavy atom. The van der Waals surface area contributed by atoms with Gasteiger partial charge in [-0.15, -0.1) is 11.3 Å². The lowest BCUT2D eigenvalue weighted by atomic mass is 9.82. The summed E-state index contributed by atoms with van der Waals surface area (Å²) >= 11 is 1.35. The van der Waals surface area contributed by atoms with Crippen molar-refractivity contribution in [1.82, 2.24) is 20.1 Å². The zero-order valence-corrected chi connectivity index (χ0v) is 16.6. The van der Waals surface area contributed by atoms with Crippen LogP contribution in [0, 0.1) is 12.7 Å². The van der Waals surface area contributed by atoms with Crippen molar-refractivity contribution in [2.45, 2.75) is 25.3 Å². The molecule has 146 valence electrons. The third kappa shape index (κ3) is 3.57. The average molecular weight is 400 g/mol. The molecule has 0 bridgehead atoms.